The molecule has 2 rings (SSSR count). The number of esters is 1. The number of benzene rings is 1. The third-order valence-electron chi connectivity index (χ3n) is 4.16. The number of ether oxygens (including phenoxy) is 1. The average molecular weight is 358 g/mol. The quantitative estimate of drug-likeness (QED) is 0.497. The van der Waals surface area contributed by atoms with Crippen LogP contribution in [-0.2, 0) is 14.4 Å². The molecule has 1 aliphatic rings. The van der Waals surface area contributed by atoms with Crippen LogP contribution in [0.4, 0.5) is 5.69 Å². The number of methoxy groups -OCH3 is 1. The van der Waals surface area contributed by atoms with Crippen LogP contribution in [0.25, 0.3) is 0 Å². The Balaban J connectivity index is 1.97. The van der Waals surface area contributed by atoms with Crippen LogP contribution < -0.4 is 5.73 Å². The smallest absolute Gasteiger partial charge is 0.337 e. The van der Waals surface area contributed by atoms with Gasteiger partial charge in [-0.15, -0.1) is 5.06 Å². The van der Waals surface area contributed by atoms with Gasteiger partial charge in [-0.1, -0.05) is 11.8 Å². The number of rotatable bonds is 2. The molecular weight excluding hydrogens is 332 g/mol. The highest BCUT2D eigenvalue weighted by Crippen LogP contribution is 2.21. The van der Waals surface area contributed by atoms with Gasteiger partial charge in [-0.2, -0.15) is 0 Å². The SMILES string of the molecule is COC(=O)c1ccc(N)c(C#CC2CCN(OC(=O)C(C)(C)C)CC2)c1. The molecule has 140 valence electrons. The van der Waals surface area contributed by atoms with Gasteiger partial charge in [0, 0.05) is 30.3 Å². The maximum absolute atomic E-state index is 11.9. The van der Waals surface area contributed by atoms with Crippen molar-refractivity contribution < 1.29 is 19.2 Å². The summed E-state index contributed by atoms with van der Waals surface area (Å²) in [5.41, 5.74) is 7.00. The zero-order valence-corrected chi connectivity index (χ0v) is 15.8. The predicted octanol–water partition coefficient (Wildman–Crippen LogP) is 2.62. The second-order valence-corrected chi connectivity index (χ2v) is 7.39. The number of hydrogen-bond acceptors (Lipinski definition) is 6. The Morgan fingerprint density at radius 2 is 1.88 bits per heavy atom. The second kappa shape index (κ2) is 8.24. The molecule has 6 heteroatoms. The fraction of sp³-hybridized carbons (Fsp3) is 0.500. The van der Waals surface area contributed by atoms with E-state index in [0.717, 1.165) is 12.8 Å². The Morgan fingerprint density at radius 1 is 1.23 bits per heavy atom. The van der Waals surface area contributed by atoms with Crippen molar-refractivity contribution in [1.82, 2.24) is 5.06 Å². The summed E-state index contributed by atoms with van der Waals surface area (Å²) in [7, 11) is 1.34. The lowest BCUT2D eigenvalue weighted by molar-refractivity contribution is -0.205. The Morgan fingerprint density at radius 3 is 2.46 bits per heavy atom. The number of carbonyl (C=O) groups excluding carboxylic acids is 2. The van der Waals surface area contributed by atoms with Gasteiger partial charge in [-0.3, -0.25) is 0 Å². The number of nitrogen functional groups attached to an aromatic ring is 1. The minimum atomic E-state index is -0.515. The molecule has 2 N–H and O–H groups in total. The molecule has 6 nitrogen and oxygen atoms in total. The fourth-order valence-electron chi connectivity index (χ4n) is 2.43. The molecule has 1 saturated heterocycles. The van der Waals surface area contributed by atoms with Gasteiger partial charge in [0.2, 0.25) is 0 Å². The Labute approximate surface area is 154 Å². The minimum absolute atomic E-state index is 0.195. The monoisotopic (exact) mass is 358 g/mol. The average Bonchev–Trinajstić information content (AvgIpc) is 2.60. The summed E-state index contributed by atoms with van der Waals surface area (Å²) >= 11 is 0. The first-order valence-electron chi connectivity index (χ1n) is 8.67. The van der Waals surface area contributed by atoms with Crippen LogP contribution in [0.2, 0.25) is 0 Å². The summed E-state index contributed by atoms with van der Waals surface area (Å²) in [6.07, 6.45) is 1.61. The van der Waals surface area contributed by atoms with E-state index >= 15 is 0 Å². The van der Waals surface area contributed by atoms with E-state index in [-0.39, 0.29) is 11.9 Å². The summed E-state index contributed by atoms with van der Waals surface area (Å²) in [5.74, 6) is 5.84. The maximum atomic E-state index is 11.9. The van der Waals surface area contributed by atoms with E-state index in [2.05, 4.69) is 11.8 Å². The second-order valence-electron chi connectivity index (χ2n) is 7.39. The van der Waals surface area contributed by atoms with Crippen molar-refractivity contribution in [3.05, 3.63) is 29.3 Å². The molecule has 0 amide bonds. The van der Waals surface area contributed by atoms with Crippen LogP contribution in [0.1, 0.15) is 49.5 Å². The molecular formula is C20H26N2O4. The molecule has 0 saturated carbocycles. The predicted molar refractivity (Wildman–Crippen MR) is 98.9 cm³/mol. The normalized spacial score (nSPS) is 15.7. The largest absolute Gasteiger partial charge is 0.465 e. The third-order valence-corrected chi connectivity index (χ3v) is 4.16. The van der Waals surface area contributed by atoms with Gasteiger partial charge in [0.1, 0.15) is 0 Å². The summed E-state index contributed by atoms with van der Waals surface area (Å²) < 4.78 is 4.72. The molecule has 1 aliphatic heterocycles. The van der Waals surface area contributed by atoms with E-state index in [4.69, 9.17) is 15.3 Å². The highest BCUT2D eigenvalue weighted by atomic mass is 16.7. The van der Waals surface area contributed by atoms with Gasteiger partial charge < -0.3 is 15.3 Å². The number of anilines is 1. The van der Waals surface area contributed by atoms with Gasteiger partial charge in [0.05, 0.1) is 18.1 Å². The van der Waals surface area contributed by atoms with Gasteiger partial charge in [-0.25, -0.2) is 9.59 Å². The molecule has 0 unspecified atom stereocenters. The summed E-state index contributed by atoms with van der Waals surface area (Å²) in [6, 6.07) is 4.92. The van der Waals surface area contributed by atoms with Crippen molar-refractivity contribution in [3.8, 4) is 11.8 Å². The van der Waals surface area contributed by atoms with Crippen molar-refractivity contribution in [1.29, 1.82) is 0 Å². The Hall–Kier alpha value is -2.52. The van der Waals surface area contributed by atoms with Gasteiger partial charge in [0.15, 0.2) is 0 Å². The Bertz CT molecular complexity index is 732. The lowest BCUT2D eigenvalue weighted by Crippen LogP contribution is -2.38. The molecule has 0 aromatic heterocycles. The zero-order valence-electron chi connectivity index (χ0n) is 15.8. The summed E-state index contributed by atoms with van der Waals surface area (Å²) in [6.45, 7) is 6.80. The topological polar surface area (TPSA) is 81.9 Å². The van der Waals surface area contributed by atoms with E-state index in [9.17, 15) is 9.59 Å². The van der Waals surface area contributed by atoms with Gasteiger partial charge >= 0.3 is 11.9 Å². The van der Waals surface area contributed by atoms with Crippen molar-refractivity contribution in [2.24, 2.45) is 11.3 Å². The Kier molecular flexibility index (Phi) is 6.27. The standard InChI is InChI=1S/C20H26N2O4/c1-20(2,3)19(24)26-22-11-9-14(10-12-22)5-6-15-13-16(18(23)25-4)7-8-17(15)21/h7-8,13-14H,9-12,21H2,1-4H3. The molecule has 0 atom stereocenters. The van der Waals surface area contributed by atoms with Gasteiger partial charge in [0.25, 0.3) is 0 Å². The maximum Gasteiger partial charge on any atom is 0.337 e. The van der Waals surface area contributed by atoms with Crippen molar-refractivity contribution in [2.45, 2.75) is 33.6 Å². The first-order valence-corrected chi connectivity index (χ1v) is 8.67. The van der Waals surface area contributed by atoms with Crippen LogP contribution in [-0.4, -0.2) is 37.2 Å². The van der Waals surface area contributed by atoms with Crippen molar-refractivity contribution in [2.75, 3.05) is 25.9 Å². The van der Waals surface area contributed by atoms with E-state index in [1.807, 2.05) is 20.8 Å². The highest BCUT2D eigenvalue weighted by molar-refractivity contribution is 5.90. The van der Waals surface area contributed by atoms with Crippen LogP contribution in [0, 0.1) is 23.2 Å². The molecule has 26 heavy (non-hydrogen) atoms. The summed E-state index contributed by atoms with van der Waals surface area (Å²) in [5, 5.41) is 1.71. The molecule has 0 aliphatic carbocycles. The first kappa shape index (κ1) is 19.8. The number of hydrogen-bond donors (Lipinski definition) is 1. The molecule has 0 radical (unpaired) electrons. The van der Waals surface area contributed by atoms with Crippen LogP contribution in [0.3, 0.4) is 0 Å². The van der Waals surface area contributed by atoms with Crippen molar-refractivity contribution >= 4 is 17.6 Å². The number of nitrogens with two attached hydrogens (primary N) is 1. The van der Waals surface area contributed by atoms with E-state index < -0.39 is 11.4 Å². The van der Waals surface area contributed by atoms with Crippen LogP contribution in [0.5, 0.6) is 0 Å². The number of carbonyl (C=O) groups is 2. The molecule has 0 bridgehead atoms. The molecule has 1 heterocycles. The minimum Gasteiger partial charge on any atom is -0.465 e. The third kappa shape index (κ3) is 5.24. The zero-order chi connectivity index (χ0) is 19.3. The first-order chi connectivity index (χ1) is 12.2. The highest BCUT2D eigenvalue weighted by Gasteiger charge is 2.28. The van der Waals surface area contributed by atoms with Crippen LogP contribution >= 0.6 is 0 Å². The molecule has 1 aromatic carbocycles. The molecule has 1 fully saturated rings. The van der Waals surface area contributed by atoms with Crippen molar-refractivity contribution in [3.63, 3.8) is 0 Å². The molecule has 0 spiro atoms. The van der Waals surface area contributed by atoms with Gasteiger partial charge in [-0.05, 0) is 51.8 Å². The van der Waals surface area contributed by atoms with Crippen LogP contribution in [0.15, 0.2) is 18.2 Å². The lowest BCUT2D eigenvalue weighted by atomic mass is 9.97. The van der Waals surface area contributed by atoms with E-state index in [1.165, 1.54) is 7.11 Å². The number of hydroxylamine groups is 2. The lowest BCUT2D eigenvalue weighted by Gasteiger charge is -2.30. The molecule has 1 aromatic rings. The number of piperidine rings is 1. The van der Waals surface area contributed by atoms with E-state index in [1.54, 1.807) is 23.3 Å². The number of nitrogens with zero attached hydrogens (tertiary/aromatic N) is 1. The van der Waals surface area contributed by atoms with E-state index in [0.29, 0.717) is 29.9 Å². The fourth-order valence-corrected chi connectivity index (χ4v) is 2.43. The summed E-state index contributed by atoms with van der Waals surface area (Å²) in [4.78, 5) is 29.0.